The van der Waals surface area contributed by atoms with Gasteiger partial charge in [-0.1, -0.05) is 36.4 Å². The Bertz CT molecular complexity index is 3030. The predicted molar refractivity (Wildman–Crippen MR) is 297 cm³/mol. The Hall–Kier alpha value is -8.51. The van der Waals surface area contributed by atoms with Gasteiger partial charge in [0.2, 0.25) is 18.2 Å². The molecule has 4 aromatic heterocycles. The van der Waals surface area contributed by atoms with Gasteiger partial charge in [0.25, 0.3) is 23.6 Å². The number of aromatic hydroxyl groups is 2. The molecule has 0 saturated heterocycles. The van der Waals surface area contributed by atoms with Crippen LogP contribution in [-0.2, 0) is 36.7 Å². The number of aliphatic carboxylic acids is 1. The first kappa shape index (κ1) is 61.3. The van der Waals surface area contributed by atoms with Crippen molar-refractivity contribution in [1.29, 1.82) is 0 Å². The molecule has 24 heteroatoms. The quantitative estimate of drug-likeness (QED) is 0.0179. The number of esters is 2. The number of hydrogen-bond donors (Lipinski definition) is 9. The van der Waals surface area contributed by atoms with Crippen molar-refractivity contribution >= 4 is 76.1 Å². The molecule has 22 nitrogen and oxygen atoms in total. The lowest BCUT2D eigenvalue weighted by molar-refractivity contribution is -0.191. The number of thiophene rings is 2. The van der Waals surface area contributed by atoms with Crippen LogP contribution in [-0.4, -0.2) is 121 Å². The molecular formula is C55H66N10O12S2. The number of phenolic OH excluding ortho intramolecular Hbond substituents is 2. The molecule has 1 unspecified atom stereocenters. The van der Waals surface area contributed by atoms with E-state index >= 15 is 0 Å². The van der Waals surface area contributed by atoms with Crippen LogP contribution in [0.5, 0.6) is 11.5 Å². The maximum Gasteiger partial charge on any atom is 0.333 e. The molecule has 9 N–H and O–H groups in total. The number of hydrogen-bond acceptors (Lipinski definition) is 19. The van der Waals surface area contributed by atoms with Crippen molar-refractivity contribution in [2.24, 2.45) is 5.41 Å². The second-order valence-corrected chi connectivity index (χ2v) is 20.9. The maximum atomic E-state index is 13.4. The van der Waals surface area contributed by atoms with E-state index in [0.29, 0.717) is 57.5 Å². The number of anilines is 2. The molecule has 420 valence electrons. The standard InChI is InChI=1S/C31H39N5O7S.C24H27N5O5S/c1-18-25(19(2)35-30(34-18)32-14-8-11-21-10-7-12-22(37)16-21)27(39)36-23(17-33-26(38)24-13-9-15-44-24)28(40)42-20(3)43-29(41)31(4,5)6;1-14-20(22(32)29-18(23(33)34)13-26-21(31)19-9-5-11-35-19)15(2)28-24(27-14)25-10-4-7-16-6-3-8-17(30)12-16/h7,9-10,12-13,15-16,20,23,37H,8,11,14,17H2,1-6H3,(H,33,38)(H,36,39)(H,32,34,35);3,5-6,8-9,11-12,18,30H,4,7,10,13H2,1-2H3,(H,26,31)(H,29,32)(H,33,34)(H,25,27,28)/t20?,23-;18-/m00/s1. The van der Waals surface area contributed by atoms with Crippen LogP contribution in [0, 0.1) is 33.1 Å². The summed E-state index contributed by atoms with van der Waals surface area (Å²) in [5.74, 6) is -3.68. The van der Waals surface area contributed by atoms with Gasteiger partial charge in [-0.3, -0.25) is 24.0 Å². The fraction of sp³-hybridized carbons (Fsp3) is 0.364. The summed E-state index contributed by atoms with van der Waals surface area (Å²) < 4.78 is 10.5. The van der Waals surface area contributed by atoms with Crippen molar-refractivity contribution in [2.75, 3.05) is 36.8 Å². The second kappa shape index (κ2) is 29.3. The third-order valence-corrected chi connectivity index (χ3v) is 13.2. The smallest absolute Gasteiger partial charge is 0.333 e. The van der Waals surface area contributed by atoms with Crippen LogP contribution in [0.4, 0.5) is 11.9 Å². The van der Waals surface area contributed by atoms with Gasteiger partial charge in [-0.25, -0.2) is 29.5 Å². The highest BCUT2D eigenvalue weighted by Crippen LogP contribution is 2.20. The third-order valence-electron chi connectivity index (χ3n) is 11.5. The number of ether oxygens (including phenoxy) is 2. The predicted octanol–water partition coefficient (Wildman–Crippen LogP) is 6.43. The number of carboxylic acid groups (broad SMARTS) is 1. The topological polar surface area (TPSA) is 322 Å². The van der Waals surface area contributed by atoms with Crippen LogP contribution in [0.1, 0.15) is 114 Å². The summed E-state index contributed by atoms with van der Waals surface area (Å²) in [6, 6.07) is 18.2. The largest absolute Gasteiger partial charge is 0.508 e. The minimum absolute atomic E-state index is 0.171. The van der Waals surface area contributed by atoms with Gasteiger partial charge < -0.3 is 56.7 Å². The lowest BCUT2D eigenvalue weighted by Gasteiger charge is -2.24. The Morgan fingerprint density at radius 1 is 0.582 bits per heavy atom. The highest BCUT2D eigenvalue weighted by Gasteiger charge is 2.31. The van der Waals surface area contributed by atoms with Crippen LogP contribution in [0.15, 0.2) is 83.6 Å². The fourth-order valence-electron chi connectivity index (χ4n) is 7.49. The van der Waals surface area contributed by atoms with E-state index in [2.05, 4.69) is 51.8 Å². The Kier molecular flexibility index (Phi) is 22.7. The van der Waals surface area contributed by atoms with E-state index in [4.69, 9.17) is 9.47 Å². The van der Waals surface area contributed by atoms with E-state index in [9.17, 15) is 48.9 Å². The number of carbonyl (C=O) groups is 7. The molecule has 0 fully saturated rings. The normalized spacial score (nSPS) is 12.1. The molecule has 6 aromatic rings. The molecule has 4 amide bonds. The Balaban J connectivity index is 0.000000298. The van der Waals surface area contributed by atoms with Gasteiger partial charge in [0.1, 0.15) is 23.6 Å². The SMILES string of the molecule is Cc1nc(NCCCc2cccc(O)c2)nc(C)c1C(=O)N[C@@H](CNC(=O)c1cccs1)C(=O)O.Cc1nc(NCCCc2cccc(O)c2)nc(C)c1C(=O)N[C@@H](CNC(=O)c1cccs1)C(=O)OC(C)OC(=O)C(C)(C)C. The summed E-state index contributed by atoms with van der Waals surface area (Å²) in [5.41, 5.74) is 3.14. The van der Waals surface area contributed by atoms with Crippen LogP contribution >= 0.6 is 22.7 Å². The lowest BCUT2D eigenvalue weighted by Crippen LogP contribution is -2.50. The van der Waals surface area contributed by atoms with E-state index in [1.54, 1.807) is 120 Å². The van der Waals surface area contributed by atoms with Crippen molar-refractivity contribution in [3.63, 3.8) is 0 Å². The Morgan fingerprint density at radius 2 is 1.00 bits per heavy atom. The number of carbonyl (C=O) groups excluding carboxylic acids is 6. The molecule has 0 aliphatic carbocycles. The number of benzene rings is 2. The van der Waals surface area contributed by atoms with Gasteiger partial charge in [0.15, 0.2) is 0 Å². The molecule has 0 bridgehead atoms. The average Bonchev–Trinajstić information content (AvgIpc) is 4.13. The molecule has 4 heterocycles. The maximum absolute atomic E-state index is 13.4. The molecule has 79 heavy (non-hydrogen) atoms. The van der Waals surface area contributed by atoms with Crippen molar-refractivity contribution in [3.05, 3.63) is 138 Å². The summed E-state index contributed by atoms with van der Waals surface area (Å²) in [7, 11) is 0. The zero-order valence-corrected chi connectivity index (χ0v) is 46.7. The highest BCUT2D eigenvalue weighted by molar-refractivity contribution is 7.12. The van der Waals surface area contributed by atoms with E-state index in [-0.39, 0.29) is 35.7 Å². The van der Waals surface area contributed by atoms with Crippen molar-refractivity contribution < 1.29 is 58.4 Å². The highest BCUT2D eigenvalue weighted by atomic mass is 32.1. The fourth-order valence-corrected chi connectivity index (χ4v) is 8.77. The minimum atomic E-state index is -1.32. The molecule has 0 aliphatic rings. The number of rotatable bonds is 24. The summed E-state index contributed by atoms with van der Waals surface area (Å²) in [5, 5.41) is 48.6. The first-order chi connectivity index (χ1) is 37.5. The van der Waals surface area contributed by atoms with Crippen LogP contribution in [0.2, 0.25) is 0 Å². The van der Waals surface area contributed by atoms with Crippen LogP contribution in [0.25, 0.3) is 0 Å². The summed E-state index contributed by atoms with van der Waals surface area (Å²) in [6.07, 6.45) is 1.82. The van der Waals surface area contributed by atoms with Gasteiger partial charge in [0, 0.05) is 33.1 Å². The molecular weight excluding hydrogens is 1060 g/mol. The van der Waals surface area contributed by atoms with Crippen LogP contribution in [0.3, 0.4) is 0 Å². The summed E-state index contributed by atoms with van der Waals surface area (Å²) in [4.78, 5) is 106. The van der Waals surface area contributed by atoms with Crippen molar-refractivity contribution in [1.82, 2.24) is 41.2 Å². The van der Waals surface area contributed by atoms with Gasteiger partial charge in [0.05, 0.1) is 49.1 Å². The second-order valence-electron chi connectivity index (χ2n) is 19.0. The number of aromatic nitrogens is 4. The molecule has 3 atom stereocenters. The first-order valence-electron chi connectivity index (χ1n) is 25.1. The van der Waals surface area contributed by atoms with Gasteiger partial charge in [-0.2, -0.15) is 0 Å². The zero-order valence-electron chi connectivity index (χ0n) is 45.1. The summed E-state index contributed by atoms with van der Waals surface area (Å²) >= 11 is 2.46. The van der Waals surface area contributed by atoms with Gasteiger partial charge in [-0.05, 0) is 132 Å². The Morgan fingerprint density at radius 3 is 1.38 bits per heavy atom. The molecule has 0 aliphatic heterocycles. The number of nitrogens with zero attached hydrogens (tertiary/aromatic N) is 4. The average molecular weight is 1120 g/mol. The number of phenols is 2. The molecule has 2 aromatic carbocycles. The minimum Gasteiger partial charge on any atom is -0.508 e. The molecule has 0 radical (unpaired) electrons. The van der Waals surface area contributed by atoms with Gasteiger partial charge in [-0.15, -0.1) is 22.7 Å². The van der Waals surface area contributed by atoms with E-state index < -0.39 is 65.3 Å². The third kappa shape index (κ3) is 19.5. The van der Waals surface area contributed by atoms with E-state index in [1.807, 2.05) is 12.1 Å². The number of carboxylic acids is 1. The Labute approximate surface area is 465 Å². The molecule has 0 spiro atoms. The number of nitrogens with one attached hydrogen (secondary N) is 6. The van der Waals surface area contributed by atoms with E-state index in [1.165, 1.54) is 29.6 Å². The summed E-state index contributed by atoms with van der Waals surface area (Å²) in [6.45, 7) is 13.6. The number of amides is 4. The molecule has 6 rings (SSSR count). The monoisotopic (exact) mass is 1120 g/mol. The lowest BCUT2D eigenvalue weighted by atomic mass is 9.97. The van der Waals surface area contributed by atoms with Crippen LogP contribution < -0.4 is 31.9 Å². The zero-order chi connectivity index (χ0) is 57.8. The first-order valence-corrected chi connectivity index (χ1v) is 26.9. The number of aryl methyl sites for hydroxylation is 6. The van der Waals surface area contributed by atoms with Crippen molar-refractivity contribution in [3.8, 4) is 11.5 Å². The van der Waals surface area contributed by atoms with E-state index in [0.717, 1.165) is 36.8 Å². The van der Waals surface area contributed by atoms with Crippen molar-refractivity contribution in [2.45, 2.75) is 99.4 Å². The van der Waals surface area contributed by atoms with Gasteiger partial charge >= 0.3 is 17.9 Å². The molecule has 0 saturated carbocycles.